The van der Waals surface area contributed by atoms with E-state index in [1.54, 1.807) is 18.4 Å². The molecule has 1 unspecified atom stereocenters. The van der Waals surface area contributed by atoms with Crippen molar-refractivity contribution in [2.45, 2.75) is 32.9 Å². The molecule has 2 N–H and O–H groups in total. The van der Waals surface area contributed by atoms with Crippen LogP contribution < -0.4 is 10.1 Å². The molecule has 1 aromatic rings. The number of thiophene rings is 1. The summed E-state index contributed by atoms with van der Waals surface area (Å²) in [7, 11) is 0. The molecule has 1 aromatic heterocycles. The Morgan fingerprint density at radius 3 is 2.59 bits per heavy atom. The van der Waals surface area contributed by atoms with Crippen LogP contribution >= 0.6 is 11.3 Å². The second-order valence-electron chi connectivity index (χ2n) is 3.84. The molecule has 0 aliphatic carbocycles. The summed E-state index contributed by atoms with van der Waals surface area (Å²) in [6, 6.07) is 1.57. The fourth-order valence-corrected chi connectivity index (χ4v) is 1.85. The van der Waals surface area contributed by atoms with Gasteiger partial charge in [-0.2, -0.15) is 0 Å². The van der Waals surface area contributed by atoms with Gasteiger partial charge in [-0.15, -0.1) is 11.3 Å². The molecule has 0 aromatic carbocycles. The van der Waals surface area contributed by atoms with E-state index in [0.717, 1.165) is 11.3 Å². The van der Waals surface area contributed by atoms with Crippen LogP contribution in [-0.4, -0.2) is 29.1 Å². The maximum atomic E-state index is 11.6. The largest absolute Gasteiger partial charge is 0.479 e. The van der Waals surface area contributed by atoms with Crippen molar-refractivity contribution >= 4 is 23.2 Å². The van der Waals surface area contributed by atoms with Crippen molar-refractivity contribution in [3.63, 3.8) is 0 Å². The second kappa shape index (κ2) is 5.67. The zero-order chi connectivity index (χ0) is 13.0. The SMILES string of the molecule is CC(C)NC(=O)C(C)Oc1ccsc1C(=O)O. The number of nitrogens with one attached hydrogen (secondary N) is 1. The summed E-state index contributed by atoms with van der Waals surface area (Å²) in [6.45, 7) is 5.27. The number of rotatable bonds is 5. The van der Waals surface area contributed by atoms with Gasteiger partial charge >= 0.3 is 5.97 Å². The molecule has 0 radical (unpaired) electrons. The van der Waals surface area contributed by atoms with Gasteiger partial charge < -0.3 is 15.2 Å². The number of amides is 1. The summed E-state index contributed by atoms with van der Waals surface area (Å²) in [5.41, 5.74) is 0. The van der Waals surface area contributed by atoms with Crippen LogP contribution in [0.25, 0.3) is 0 Å². The lowest BCUT2D eigenvalue weighted by Gasteiger charge is -2.16. The van der Waals surface area contributed by atoms with Crippen molar-refractivity contribution in [1.29, 1.82) is 0 Å². The predicted molar refractivity (Wildman–Crippen MR) is 64.6 cm³/mol. The quantitative estimate of drug-likeness (QED) is 0.842. The number of hydrogen-bond donors (Lipinski definition) is 2. The molecule has 1 amide bonds. The Morgan fingerprint density at radius 1 is 1.41 bits per heavy atom. The average Bonchev–Trinajstić information content (AvgIpc) is 2.64. The Bertz CT molecular complexity index is 413. The molecule has 94 valence electrons. The van der Waals surface area contributed by atoms with Crippen molar-refractivity contribution < 1.29 is 19.4 Å². The number of ether oxygens (including phenoxy) is 1. The molecule has 0 fully saturated rings. The smallest absolute Gasteiger partial charge is 0.349 e. The van der Waals surface area contributed by atoms with E-state index < -0.39 is 12.1 Å². The molecule has 0 saturated carbocycles. The fourth-order valence-electron chi connectivity index (χ4n) is 1.19. The number of carbonyl (C=O) groups is 2. The lowest BCUT2D eigenvalue weighted by molar-refractivity contribution is -0.127. The molecule has 1 heterocycles. The van der Waals surface area contributed by atoms with Crippen molar-refractivity contribution in [3.8, 4) is 5.75 Å². The van der Waals surface area contributed by atoms with Crippen molar-refractivity contribution in [2.24, 2.45) is 0 Å². The molecular weight excluding hydrogens is 242 g/mol. The van der Waals surface area contributed by atoms with Crippen LogP contribution in [0.5, 0.6) is 5.75 Å². The third-order valence-corrected chi connectivity index (χ3v) is 2.81. The summed E-state index contributed by atoms with van der Waals surface area (Å²) in [6.07, 6.45) is -0.718. The minimum atomic E-state index is -1.05. The molecule has 6 heteroatoms. The highest BCUT2D eigenvalue weighted by molar-refractivity contribution is 7.12. The van der Waals surface area contributed by atoms with Gasteiger partial charge in [-0.3, -0.25) is 4.79 Å². The van der Waals surface area contributed by atoms with Crippen LogP contribution in [0.15, 0.2) is 11.4 Å². The van der Waals surface area contributed by atoms with Gasteiger partial charge in [0.2, 0.25) is 0 Å². The van der Waals surface area contributed by atoms with E-state index in [4.69, 9.17) is 9.84 Å². The molecule has 0 saturated heterocycles. The Balaban J connectivity index is 2.67. The van der Waals surface area contributed by atoms with Crippen LogP contribution in [0.2, 0.25) is 0 Å². The number of aromatic carboxylic acids is 1. The third-order valence-electron chi connectivity index (χ3n) is 1.93. The Kier molecular flexibility index (Phi) is 4.51. The molecule has 0 spiro atoms. The molecular formula is C11H15NO4S. The van der Waals surface area contributed by atoms with Crippen LogP contribution in [-0.2, 0) is 4.79 Å². The van der Waals surface area contributed by atoms with Gasteiger partial charge in [0.25, 0.3) is 5.91 Å². The van der Waals surface area contributed by atoms with E-state index in [0.29, 0.717) is 0 Å². The Labute approximate surface area is 103 Å². The van der Waals surface area contributed by atoms with Crippen molar-refractivity contribution in [2.75, 3.05) is 0 Å². The Hall–Kier alpha value is -1.56. The minimum absolute atomic E-state index is 0.0231. The fraction of sp³-hybridized carbons (Fsp3) is 0.455. The van der Waals surface area contributed by atoms with Crippen molar-refractivity contribution in [3.05, 3.63) is 16.3 Å². The Morgan fingerprint density at radius 2 is 2.06 bits per heavy atom. The molecule has 17 heavy (non-hydrogen) atoms. The summed E-state index contributed by atoms with van der Waals surface area (Å²) >= 11 is 1.07. The maximum Gasteiger partial charge on any atom is 0.349 e. The van der Waals surface area contributed by atoms with Gasteiger partial charge in [0.15, 0.2) is 11.0 Å². The zero-order valence-electron chi connectivity index (χ0n) is 9.89. The number of carbonyl (C=O) groups excluding carboxylic acids is 1. The van der Waals surface area contributed by atoms with E-state index in [9.17, 15) is 9.59 Å². The molecule has 5 nitrogen and oxygen atoms in total. The van der Waals surface area contributed by atoms with Crippen LogP contribution in [0.3, 0.4) is 0 Å². The highest BCUT2D eigenvalue weighted by Gasteiger charge is 2.19. The van der Waals surface area contributed by atoms with Gasteiger partial charge in [0.1, 0.15) is 5.75 Å². The second-order valence-corrected chi connectivity index (χ2v) is 4.76. The van der Waals surface area contributed by atoms with Gasteiger partial charge in [-0.1, -0.05) is 0 Å². The van der Waals surface area contributed by atoms with E-state index in [1.165, 1.54) is 0 Å². The molecule has 1 rings (SSSR count). The van der Waals surface area contributed by atoms with E-state index in [-0.39, 0.29) is 22.6 Å². The summed E-state index contributed by atoms with van der Waals surface area (Å²) in [4.78, 5) is 22.5. The van der Waals surface area contributed by atoms with Crippen LogP contribution in [0, 0.1) is 0 Å². The van der Waals surface area contributed by atoms with Crippen LogP contribution in [0.4, 0.5) is 0 Å². The lowest BCUT2D eigenvalue weighted by atomic mass is 10.3. The van der Waals surface area contributed by atoms with E-state index in [1.807, 2.05) is 13.8 Å². The highest BCUT2D eigenvalue weighted by Crippen LogP contribution is 2.25. The molecule has 0 bridgehead atoms. The van der Waals surface area contributed by atoms with Gasteiger partial charge in [-0.25, -0.2) is 4.79 Å². The first-order valence-electron chi connectivity index (χ1n) is 5.19. The summed E-state index contributed by atoms with van der Waals surface area (Å²) in [5, 5.41) is 13.2. The monoisotopic (exact) mass is 257 g/mol. The van der Waals surface area contributed by atoms with Gasteiger partial charge in [0, 0.05) is 6.04 Å². The topological polar surface area (TPSA) is 75.6 Å². The number of carboxylic acid groups (broad SMARTS) is 1. The highest BCUT2D eigenvalue weighted by atomic mass is 32.1. The number of carboxylic acids is 1. The first kappa shape index (κ1) is 13.5. The first-order valence-corrected chi connectivity index (χ1v) is 6.07. The summed E-state index contributed by atoms with van der Waals surface area (Å²) in [5.74, 6) is -1.08. The maximum absolute atomic E-state index is 11.6. The minimum Gasteiger partial charge on any atom is -0.479 e. The third kappa shape index (κ3) is 3.74. The molecule has 1 atom stereocenters. The molecule has 0 aliphatic rings. The average molecular weight is 257 g/mol. The predicted octanol–water partition coefficient (Wildman–Crippen LogP) is 1.74. The number of hydrogen-bond acceptors (Lipinski definition) is 4. The van der Waals surface area contributed by atoms with Gasteiger partial charge in [-0.05, 0) is 32.2 Å². The molecule has 0 aliphatic heterocycles. The van der Waals surface area contributed by atoms with Gasteiger partial charge in [0.05, 0.1) is 0 Å². The zero-order valence-corrected chi connectivity index (χ0v) is 10.7. The standard InChI is InChI=1S/C11H15NO4S/c1-6(2)12-10(13)7(3)16-8-4-5-17-9(8)11(14)15/h4-7H,1-3H3,(H,12,13)(H,14,15). The van der Waals surface area contributed by atoms with E-state index >= 15 is 0 Å². The first-order chi connectivity index (χ1) is 7.91. The summed E-state index contributed by atoms with van der Waals surface area (Å²) < 4.78 is 5.33. The normalized spacial score (nSPS) is 12.2. The van der Waals surface area contributed by atoms with E-state index in [2.05, 4.69) is 5.32 Å². The lowest BCUT2D eigenvalue weighted by Crippen LogP contribution is -2.40. The van der Waals surface area contributed by atoms with Crippen molar-refractivity contribution in [1.82, 2.24) is 5.32 Å². The van der Waals surface area contributed by atoms with Crippen LogP contribution in [0.1, 0.15) is 30.4 Å².